The van der Waals surface area contributed by atoms with E-state index in [1.807, 2.05) is 0 Å². The van der Waals surface area contributed by atoms with Crippen molar-refractivity contribution >= 4 is 5.91 Å². The molecule has 3 N–H and O–H groups in total. The summed E-state index contributed by atoms with van der Waals surface area (Å²) in [6.45, 7) is 0.277. The van der Waals surface area contributed by atoms with Crippen LogP contribution in [0.25, 0.3) is 0 Å². The summed E-state index contributed by atoms with van der Waals surface area (Å²) < 4.78 is 0. The molecule has 0 aromatic heterocycles. The predicted octanol–water partition coefficient (Wildman–Crippen LogP) is -0.0291. The van der Waals surface area contributed by atoms with Crippen LogP contribution in [0.5, 0.6) is 0 Å². The Hall–Kier alpha value is -1.37. The van der Waals surface area contributed by atoms with Gasteiger partial charge in [0, 0.05) is 13.0 Å². The second-order valence-electron chi connectivity index (χ2n) is 3.86. The van der Waals surface area contributed by atoms with Crippen LogP contribution in [-0.2, 0) is 9.63 Å². The number of amides is 1. The van der Waals surface area contributed by atoms with Gasteiger partial charge in [-0.05, 0) is 12.8 Å². The van der Waals surface area contributed by atoms with Crippen LogP contribution in [0.2, 0.25) is 0 Å². The average molecular weight is 231 g/mol. The lowest BCUT2D eigenvalue weighted by Gasteiger charge is -2.30. The van der Waals surface area contributed by atoms with Gasteiger partial charge in [-0.15, -0.1) is 10.1 Å². The van der Waals surface area contributed by atoms with Crippen LogP contribution in [0.4, 0.5) is 0 Å². The number of nitrogens with one attached hydrogen (secondary N) is 1. The highest BCUT2D eigenvalue weighted by atomic mass is 17.0. The molecule has 0 spiro atoms. The van der Waals surface area contributed by atoms with Gasteiger partial charge in [0.05, 0.1) is 6.04 Å². The summed E-state index contributed by atoms with van der Waals surface area (Å²) in [5, 5.41) is 12.2. The molecular weight excluding hydrogens is 214 g/mol. The van der Waals surface area contributed by atoms with E-state index in [1.54, 1.807) is 0 Å². The first kappa shape index (κ1) is 12.7. The first-order valence-corrected chi connectivity index (χ1v) is 5.44. The highest BCUT2D eigenvalue weighted by Gasteiger charge is 2.29. The molecule has 7 heteroatoms. The summed E-state index contributed by atoms with van der Waals surface area (Å²) in [6, 6.07) is -0.266. The number of nitrogens with zero attached hydrogens (tertiary/aromatic N) is 1. The van der Waals surface area contributed by atoms with Crippen LogP contribution >= 0.6 is 0 Å². The molecule has 1 fully saturated rings. The average Bonchev–Trinajstić information content (AvgIpc) is 2.20. The Morgan fingerprint density at radius 2 is 2.19 bits per heavy atom. The van der Waals surface area contributed by atoms with Crippen molar-refractivity contribution in [3.8, 4) is 0 Å². The maximum atomic E-state index is 11.3. The van der Waals surface area contributed by atoms with E-state index in [0.29, 0.717) is 6.42 Å². The van der Waals surface area contributed by atoms with Crippen LogP contribution in [0.3, 0.4) is 0 Å². The minimum absolute atomic E-state index is 0.175. The van der Waals surface area contributed by atoms with Crippen LogP contribution in [0, 0.1) is 10.1 Å². The topological polar surface area (TPSA) is 107 Å². The molecule has 0 unspecified atom stereocenters. The van der Waals surface area contributed by atoms with E-state index >= 15 is 0 Å². The third-order valence-corrected chi connectivity index (χ3v) is 2.64. The van der Waals surface area contributed by atoms with Gasteiger partial charge in [-0.1, -0.05) is 12.8 Å². The van der Waals surface area contributed by atoms with Crippen LogP contribution < -0.4 is 11.1 Å². The summed E-state index contributed by atoms with van der Waals surface area (Å²) in [6.07, 6.45) is 2.88. The standard InChI is InChI=1S/C9H17N3O4/c10-6-5-9(13)11-7-3-1-2-4-8(7)16-12(14)15/h7-8H,1-6,10H2,(H,11,13)/t7-,8-/m1/s1. The molecule has 0 heterocycles. The first-order valence-electron chi connectivity index (χ1n) is 5.44. The second-order valence-corrected chi connectivity index (χ2v) is 3.86. The molecule has 1 aliphatic rings. The number of carbonyl (C=O) groups is 1. The van der Waals surface area contributed by atoms with Crippen LogP contribution in [0.1, 0.15) is 32.1 Å². The molecule has 0 bridgehead atoms. The van der Waals surface area contributed by atoms with Crippen molar-refractivity contribution in [3.63, 3.8) is 0 Å². The lowest BCUT2D eigenvalue weighted by Crippen LogP contribution is -2.47. The Bertz CT molecular complexity index is 259. The molecule has 16 heavy (non-hydrogen) atoms. The molecule has 0 aromatic carbocycles. The van der Waals surface area contributed by atoms with Gasteiger partial charge in [0.15, 0.2) is 0 Å². The Kier molecular flexibility index (Phi) is 4.97. The summed E-state index contributed by atoms with van der Waals surface area (Å²) >= 11 is 0. The third-order valence-electron chi connectivity index (χ3n) is 2.64. The maximum absolute atomic E-state index is 11.3. The SMILES string of the molecule is NCCC(=O)N[C@@H]1CCCC[C@H]1O[N+](=O)[O-]. The number of rotatable bonds is 5. The van der Waals surface area contributed by atoms with E-state index in [4.69, 9.17) is 5.73 Å². The summed E-state index contributed by atoms with van der Waals surface area (Å²) in [4.78, 5) is 26.2. The Morgan fingerprint density at radius 3 is 2.81 bits per heavy atom. The fraction of sp³-hybridized carbons (Fsp3) is 0.889. The van der Waals surface area contributed by atoms with Crippen LogP contribution in [0.15, 0.2) is 0 Å². The number of nitrogens with two attached hydrogens (primary N) is 1. The molecule has 1 saturated carbocycles. The largest absolute Gasteiger partial charge is 0.351 e. The molecule has 7 nitrogen and oxygen atoms in total. The van der Waals surface area contributed by atoms with Crippen molar-refractivity contribution in [2.75, 3.05) is 6.54 Å². The summed E-state index contributed by atoms with van der Waals surface area (Å²) in [7, 11) is 0. The van der Waals surface area contributed by atoms with Gasteiger partial charge in [0.25, 0.3) is 5.09 Å². The summed E-state index contributed by atoms with van der Waals surface area (Å²) in [5.41, 5.74) is 5.25. The molecule has 92 valence electrons. The molecule has 2 atom stereocenters. The highest BCUT2D eigenvalue weighted by Crippen LogP contribution is 2.21. The quantitative estimate of drug-likeness (QED) is 0.510. The zero-order valence-corrected chi connectivity index (χ0v) is 9.05. The minimum atomic E-state index is -0.794. The third kappa shape index (κ3) is 4.01. The van der Waals surface area contributed by atoms with Crippen molar-refractivity contribution in [2.45, 2.75) is 44.2 Å². The lowest BCUT2D eigenvalue weighted by atomic mass is 9.92. The van der Waals surface area contributed by atoms with Gasteiger partial charge in [0.1, 0.15) is 6.10 Å². The molecule has 0 saturated heterocycles. The van der Waals surface area contributed by atoms with Crippen molar-refractivity contribution in [3.05, 3.63) is 10.1 Å². The van der Waals surface area contributed by atoms with Gasteiger partial charge < -0.3 is 15.9 Å². The zero-order valence-electron chi connectivity index (χ0n) is 9.05. The van der Waals surface area contributed by atoms with Crippen LogP contribution in [-0.4, -0.2) is 29.7 Å². The van der Waals surface area contributed by atoms with E-state index in [9.17, 15) is 14.9 Å². The van der Waals surface area contributed by atoms with Gasteiger partial charge in [-0.2, -0.15) is 0 Å². The molecule has 0 radical (unpaired) electrons. The number of hydrogen-bond acceptors (Lipinski definition) is 5. The highest BCUT2D eigenvalue weighted by molar-refractivity contribution is 5.76. The predicted molar refractivity (Wildman–Crippen MR) is 55.9 cm³/mol. The molecular formula is C9H17N3O4. The fourth-order valence-corrected chi connectivity index (χ4v) is 1.91. The van der Waals surface area contributed by atoms with Gasteiger partial charge in [-0.3, -0.25) is 4.79 Å². The van der Waals surface area contributed by atoms with Gasteiger partial charge in [-0.25, -0.2) is 0 Å². The Balaban J connectivity index is 2.46. The van der Waals surface area contributed by atoms with E-state index in [-0.39, 0.29) is 24.9 Å². The monoisotopic (exact) mass is 231 g/mol. The minimum Gasteiger partial charge on any atom is -0.351 e. The molecule has 1 amide bonds. The molecule has 1 aliphatic carbocycles. The van der Waals surface area contributed by atoms with E-state index < -0.39 is 11.2 Å². The van der Waals surface area contributed by atoms with Crippen molar-refractivity contribution in [1.82, 2.24) is 5.32 Å². The normalized spacial score (nSPS) is 24.8. The number of hydrogen-bond donors (Lipinski definition) is 2. The maximum Gasteiger partial charge on any atom is 0.294 e. The van der Waals surface area contributed by atoms with Crippen molar-refractivity contribution in [1.29, 1.82) is 0 Å². The molecule has 1 rings (SSSR count). The Labute approximate surface area is 93.4 Å². The number of carbonyl (C=O) groups excluding carboxylic acids is 1. The smallest absolute Gasteiger partial charge is 0.294 e. The van der Waals surface area contributed by atoms with E-state index in [0.717, 1.165) is 19.3 Å². The second kappa shape index (κ2) is 6.26. The first-order chi connectivity index (χ1) is 7.63. The molecule has 0 aliphatic heterocycles. The Morgan fingerprint density at radius 1 is 1.50 bits per heavy atom. The zero-order chi connectivity index (χ0) is 12.0. The van der Waals surface area contributed by atoms with Crippen molar-refractivity contribution in [2.24, 2.45) is 5.73 Å². The van der Waals surface area contributed by atoms with Gasteiger partial charge in [0.2, 0.25) is 5.91 Å². The van der Waals surface area contributed by atoms with E-state index in [2.05, 4.69) is 10.2 Å². The lowest BCUT2D eigenvalue weighted by molar-refractivity contribution is -0.770. The van der Waals surface area contributed by atoms with Crippen molar-refractivity contribution < 1.29 is 14.7 Å². The van der Waals surface area contributed by atoms with Gasteiger partial charge >= 0.3 is 0 Å². The van der Waals surface area contributed by atoms with E-state index in [1.165, 1.54) is 0 Å². The summed E-state index contributed by atoms with van der Waals surface area (Å²) in [5.74, 6) is -0.175. The molecule has 0 aromatic rings. The fourth-order valence-electron chi connectivity index (χ4n) is 1.91.